The molecule has 0 radical (unpaired) electrons. The van der Waals surface area contributed by atoms with Crippen molar-refractivity contribution in [2.45, 2.75) is 6.54 Å². The number of hydrogen-bond acceptors (Lipinski definition) is 5. The third-order valence-corrected chi connectivity index (χ3v) is 3.00. The Hall–Kier alpha value is -1.21. The van der Waals surface area contributed by atoms with Gasteiger partial charge in [-0.1, -0.05) is 11.3 Å². The van der Waals surface area contributed by atoms with Gasteiger partial charge in [0.15, 0.2) is 3.92 Å². The Balaban J connectivity index is 2.02. The molecule has 0 bridgehead atoms. The molecule has 2 heterocycles. The molecule has 0 aliphatic rings. The molecule has 0 aromatic carbocycles. The lowest BCUT2D eigenvalue weighted by molar-refractivity contribution is 1.03. The highest BCUT2D eigenvalue weighted by molar-refractivity contribution is 9.11. The molecule has 0 fully saturated rings. The molecule has 2 rings (SSSR count). The van der Waals surface area contributed by atoms with Gasteiger partial charge in [0.2, 0.25) is 10.7 Å². The Morgan fingerprint density at radius 2 is 2.40 bits per heavy atom. The number of anilines is 1. The standard InChI is InChI=1S/C8H7BrN4OS/c9-7-12-13-8(15-7)11-4-5-1-2-10-6(14)3-5/h1-3H,4H2,(H,10,14)(H,11,13). The van der Waals surface area contributed by atoms with Crippen LogP contribution in [0.25, 0.3) is 0 Å². The average molecular weight is 287 g/mol. The SMILES string of the molecule is O=c1cc(CNc2nnc(Br)s2)cc[nH]1. The van der Waals surface area contributed by atoms with Gasteiger partial charge < -0.3 is 10.3 Å². The van der Waals surface area contributed by atoms with Crippen LogP contribution in [0.1, 0.15) is 5.56 Å². The van der Waals surface area contributed by atoms with Gasteiger partial charge in [0.05, 0.1) is 0 Å². The van der Waals surface area contributed by atoms with Gasteiger partial charge in [0.25, 0.3) is 0 Å². The molecule has 5 nitrogen and oxygen atoms in total. The lowest BCUT2D eigenvalue weighted by Gasteiger charge is -2.00. The highest BCUT2D eigenvalue weighted by atomic mass is 79.9. The fraction of sp³-hybridized carbons (Fsp3) is 0.125. The second-order valence-corrected chi connectivity index (χ2v) is 5.03. The number of nitrogens with zero attached hydrogens (tertiary/aromatic N) is 2. The first kappa shape index (κ1) is 10.3. The third kappa shape index (κ3) is 2.87. The molecule has 15 heavy (non-hydrogen) atoms. The number of pyridine rings is 1. The van der Waals surface area contributed by atoms with Crippen LogP contribution in [-0.4, -0.2) is 15.2 Å². The number of halogens is 1. The summed E-state index contributed by atoms with van der Waals surface area (Å²) in [6, 6.07) is 3.38. The van der Waals surface area contributed by atoms with Crippen molar-refractivity contribution in [3.63, 3.8) is 0 Å². The fourth-order valence-corrected chi connectivity index (χ4v) is 2.06. The Labute approximate surface area is 97.7 Å². The van der Waals surface area contributed by atoms with E-state index in [1.54, 1.807) is 12.3 Å². The zero-order chi connectivity index (χ0) is 10.7. The van der Waals surface area contributed by atoms with Crippen molar-refractivity contribution in [1.82, 2.24) is 15.2 Å². The largest absolute Gasteiger partial charge is 0.356 e. The Morgan fingerprint density at radius 3 is 3.07 bits per heavy atom. The summed E-state index contributed by atoms with van der Waals surface area (Å²) in [7, 11) is 0. The average Bonchev–Trinajstić information content (AvgIpc) is 2.62. The van der Waals surface area contributed by atoms with Crippen molar-refractivity contribution in [3.8, 4) is 0 Å². The van der Waals surface area contributed by atoms with Crippen LogP contribution < -0.4 is 10.9 Å². The summed E-state index contributed by atoms with van der Waals surface area (Å²) in [4.78, 5) is 13.5. The van der Waals surface area contributed by atoms with E-state index < -0.39 is 0 Å². The second kappa shape index (κ2) is 4.54. The predicted molar refractivity (Wildman–Crippen MR) is 62.0 cm³/mol. The number of rotatable bonds is 3. The number of H-pyrrole nitrogens is 1. The van der Waals surface area contributed by atoms with Crippen molar-refractivity contribution < 1.29 is 0 Å². The van der Waals surface area contributed by atoms with Crippen molar-refractivity contribution in [2.24, 2.45) is 0 Å². The predicted octanol–water partition coefficient (Wildman–Crippen LogP) is 1.60. The van der Waals surface area contributed by atoms with Gasteiger partial charge >= 0.3 is 0 Å². The molecule has 0 aliphatic carbocycles. The van der Waals surface area contributed by atoms with Gasteiger partial charge in [-0.3, -0.25) is 4.79 Å². The van der Waals surface area contributed by atoms with Gasteiger partial charge in [-0.2, -0.15) is 0 Å². The summed E-state index contributed by atoms with van der Waals surface area (Å²) < 4.78 is 0.732. The van der Waals surface area contributed by atoms with Gasteiger partial charge in [-0.15, -0.1) is 10.2 Å². The normalized spacial score (nSPS) is 10.2. The zero-order valence-corrected chi connectivity index (χ0v) is 9.93. The molecule has 0 spiro atoms. The maximum absolute atomic E-state index is 11.0. The van der Waals surface area contributed by atoms with Crippen molar-refractivity contribution in [3.05, 3.63) is 38.2 Å². The van der Waals surface area contributed by atoms with E-state index >= 15 is 0 Å². The smallest absolute Gasteiger partial charge is 0.248 e. The molecule has 0 unspecified atom stereocenters. The monoisotopic (exact) mass is 286 g/mol. The van der Waals surface area contributed by atoms with Crippen LogP contribution in [-0.2, 0) is 6.54 Å². The number of aromatic nitrogens is 3. The minimum absolute atomic E-state index is 0.104. The molecule has 78 valence electrons. The molecule has 0 atom stereocenters. The van der Waals surface area contributed by atoms with E-state index in [0.717, 1.165) is 14.6 Å². The first-order chi connectivity index (χ1) is 7.24. The van der Waals surface area contributed by atoms with Crippen LogP contribution in [0.4, 0.5) is 5.13 Å². The summed E-state index contributed by atoms with van der Waals surface area (Å²) in [5, 5.41) is 11.5. The van der Waals surface area contributed by atoms with Crippen LogP contribution in [0.2, 0.25) is 0 Å². The molecule has 0 saturated heterocycles. The summed E-state index contributed by atoms with van der Waals surface area (Å²) in [5.41, 5.74) is 0.804. The first-order valence-corrected chi connectivity index (χ1v) is 5.75. The molecular weight excluding hydrogens is 280 g/mol. The Bertz CT molecular complexity index is 509. The van der Waals surface area contributed by atoms with Crippen molar-refractivity contribution in [2.75, 3.05) is 5.32 Å². The van der Waals surface area contributed by atoms with E-state index in [9.17, 15) is 4.79 Å². The van der Waals surface area contributed by atoms with E-state index in [0.29, 0.717) is 6.54 Å². The highest BCUT2D eigenvalue weighted by Crippen LogP contribution is 2.20. The van der Waals surface area contributed by atoms with Crippen LogP contribution in [0.15, 0.2) is 27.0 Å². The fourth-order valence-electron chi connectivity index (χ4n) is 1.05. The summed E-state index contributed by atoms with van der Waals surface area (Å²) in [6.45, 7) is 0.561. The van der Waals surface area contributed by atoms with Crippen molar-refractivity contribution >= 4 is 32.4 Å². The van der Waals surface area contributed by atoms with E-state index in [4.69, 9.17) is 0 Å². The summed E-state index contributed by atoms with van der Waals surface area (Å²) in [5.74, 6) is 0. The minimum Gasteiger partial charge on any atom is -0.356 e. The van der Waals surface area contributed by atoms with Crippen LogP contribution in [0.3, 0.4) is 0 Å². The van der Waals surface area contributed by atoms with E-state index in [1.165, 1.54) is 11.3 Å². The quantitative estimate of drug-likeness (QED) is 0.899. The molecular formula is C8H7BrN4OS. The topological polar surface area (TPSA) is 70.7 Å². The lowest BCUT2D eigenvalue weighted by atomic mass is 10.3. The number of aromatic amines is 1. The molecule has 2 aromatic heterocycles. The third-order valence-electron chi connectivity index (χ3n) is 1.68. The number of nitrogens with one attached hydrogen (secondary N) is 2. The molecule has 2 aromatic rings. The Morgan fingerprint density at radius 1 is 1.53 bits per heavy atom. The summed E-state index contributed by atoms with van der Waals surface area (Å²) in [6.07, 6.45) is 1.62. The zero-order valence-electron chi connectivity index (χ0n) is 7.53. The molecule has 7 heteroatoms. The van der Waals surface area contributed by atoms with E-state index in [2.05, 4.69) is 36.4 Å². The van der Waals surface area contributed by atoms with Gasteiger partial charge in [0.1, 0.15) is 0 Å². The second-order valence-electron chi connectivity index (χ2n) is 2.77. The maximum atomic E-state index is 11.0. The lowest BCUT2D eigenvalue weighted by Crippen LogP contribution is -2.07. The maximum Gasteiger partial charge on any atom is 0.248 e. The van der Waals surface area contributed by atoms with Crippen LogP contribution >= 0.6 is 27.3 Å². The van der Waals surface area contributed by atoms with Crippen LogP contribution in [0.5, 0.6) is 0 Å². The van der Waals surface area contributed by atoms with Gasteiger partial charge in [0, 0.05) is 18.8 Å². The van der Waals surface area contributed by atoms with Gasteiger partial charge in [-0.05, 0) is 27.6 Å². The summed E-state index contributed by atoms with van der Waals surface area (Å²) >= 11 is 4.63. The highest BCUT2D eigenvalue weighted by Gasteiger charge is 2.00. The van der Waals surface area contributed by atoms with E-state index in [1.807, 2.05) is 6.07 Å². The van der Waals surface area contributed by atoms with Crippen molar-refractivity contribution in [1.29, 1.82) is 0 Å². The minimum atomic E-state index is -0.104. The van der Waals surface area contributed by atoms with Gasteiger partial charge in [-0.25, -0.2) is 0 Å². The number of hydrogen-bond donors (Lipinski definition) is 2. The first-order valence-electron chi connectivity index (χ1n) is 4.14. The van der Waals surface area contributed by atoms with E-state index in [-0.39, 0.29) is 5.56 Å². The molecule has 2 N–H and O–H groups in total. The Kier molecular flexibility index (Phi) is 3.12. The molecule has 0 amide bonds. The molecule has 0 aliphatic heterocycles. The molecule has 0 saturated carbocycles. The van der Waals surface area contributed by atoms with Crippen LogP contribution in [0, 0.1) is 0 Å².